The number of nitrogens with zero attached hydrogens (tertiary/aromatic N) is 3. The Labute approximate surface area is 164 Å². The molecule has 0 spiro atoms. The normalized spacial score (nSPS) is 14.7. The lowest BCUT2D eigenvalue weighted by Gasteiger charge is -2.23. The maximum absolute atomic E-state index is 5.94. The zero-order valence-electron chi connectivity index (χ0n) is 15.6. The van der Waals surface area contributed by atoms with E-state index in [9.17, 15) is 0 Å². The van der Waals surface area contributed by atoms with Crippen molar-refractivity contribution in [2.24, 2.45) is 0 Å². The molecule has 1 aliphatic rings. The molecule has 28 heavy (non-hydrogen) atoms. The van der Waals surface area contributed by atoms with Crippen molar-refractivity contribution in [3.8, 4) is 17.1 Å². The van der Waals surface area contributed by atoms with Crippen molar-refractivity contribution in [3.05, 3.63) is 59.9 Å². The van der Waals surface area contributed by atoms with Crippen molar-refractivity contribution >= 4 is 11.6 Å². The Balaban J connectivity index is 1.49. The molecule has 3 aromatic rings. The molecular weight excluding hydrogens is 352 g/mol. The summed E-state index contributed by atoms with van der Waals surface area (Å²) in [5.74, 6) is 1.65. The van der Waals surface area contributed by atoms with Gasteiger partial charge in [-0.15, -0.1) is 0 Å². The summed E-state index contributed by atoms with van der Waals surface area (Å²) in [6, 6.07) is 12.1. The van der Waals surface area contributed by atoms with E-state index in [4.69, 9.17) is 16.2 Å². The van der Waals surface area contributed by atoms with Crippen LogP contribution in [0.1, 0.15) is 29.9 Å². The number of benzene rings is 1. The van der Waals surface area contributed by atoms with Gasteiger partial charge in [-0.2, -0.15) is 0 Å². The Hall–Kier alpha value is -3.19. The van der Waals surface area contributed by atoms with E-state index in [1.54, 1.807) is 18.5 Å². The monoisotopic (exact) mass is 376 g/mol. The second-order valence-corrected chi connectivity index (χ2v) is 6.97. The van der Waals surface area contributed by atoms with Crippen molar-refractivity contribution in [2.45, 2.75) is 25.4 Å². The number of ether oxygens (including phenoxy) is 1. The van der Waals surface area contributed by atoms with Gasteiger partial charge in [0.25, 0.3) is 5.88 Å². The molecule has 4 rings (SSSR count). The predicted molar refractivity (Wildman–Crippen MR) is 110 cm³/mol. The Kier molecular flexibility index (Phi) is 5.34. The van der Waals surface area contributed by atoms with E-state index in [0.29, 0.717) is 24.2 Å². The molecule has 2 aromatic heterocycles. The summed E-state index contributed by atoms with van der Waals surface area (Å²) in [5.41, 5.74) is 15.6. The molecule has 7 heteroatoms. The van der Waals surface area contributed by atoms with E-state index in [0.717, 1.165) is 29.9 Å². The quantitative estimate of drug-likeness (QED) is 0.627. The van der Waals surface area contributed by atoms with Crippen LogP contribution in [0.25, 0.3) is 11.3 Å². The molecule has 1 aliphatic heterocycles. The summed E-state index contributed by atoms with van der Waals surface area (Å²) in [6.07, 6.45) is 5.67. The fraction of sp³-hybridized carbons (Fsp3) is 0.286. The number of hydrogen-bond donors (Lipinski definition) is 3. The highest BCUT2D eigenvalue weighted by Crippen LogP contribution is 2.28. The lowest BCUT2D eigenvalue weighted by atomic mass is 9.89. The number of rotatable bonds is 5. The SMILES string of the molecule is Nc1cc(COc2nc(-c3ccc(C4CCNCC4)cc3)cnc2N)ccn1. The zero-order valence-corrected chi connectivity index (χ0v) is 15.6. The largest absolute Gasteiger partial charge is 0.470 e. The molecule has 0 amide bonds. The van der Waals surface area contributed by atoms with Crippen molar-refractivity contribution in [2.75, 3.05) is 24.6 Å². The zero-order chi connectivity index (χ0) is 19.3. The fourth-order valence-electron chi connectivity index (χ4n) is 3.44. The highest BCUT2D eigenvalue weighted by Gasteiger charge is 2.15. The molecule has 5 N–H and O–H groups in total. The van der Waals surface area contributed by atoms with E-state index in [-0.39, 0.29) is 5.82 Å². The lowest BCUT2D eigenvalue weighted by Crippen LogP contribution is -2.26. The lowest BCUT2D eigenvalue weighted by molar-refractivity contribution is 0.295. The minimum Gasteiger partial charge on any atom is -0.470 e. The van der Waals surface area contributed by atoms with Gasteiger partial charge in [0.05, 0.1) is 11.9 Å². The van der Waals surface area contributed by atoms with Crippen molar-refractivity contribution in [1.82, 2.24) is 20.3 Å². The number of nitrogens with one attached hydrogen (secondary N) is 1. The van der Waals surface area contributed by atoms with Crippen LogP contribution in [0, 0.1) is 0 Å². The second kappa shape index (κ2) is 8.22. The minimum absolute atomic E-state index is 0.261. The molecule has 0 atom stereocenters. The van der Waals surface area contributed by atoms with Gasteiger partial charge in [-0.3, -0.25) is 0 Å². The minimum atomic E-state index is 0.261. The Bertz CT molecular complexity index is 938. The number of piperidine rings is 1. The third-order valence-corrected chi connectivity index (χ3v) is 5.01. The summed E-state index contributed by atoms with van der Waals surface area (Å²) in [7, 11) is 0. The first-order valence-electron chi connectivity index (χ1n) is 9.46. The van der Waals surface area contributed by atoms with Crippen LogP contribution in [0.2, 0.25) is 0 Å². The van der Waals surface area contributed by atoms with Gasteiger partial charge in [0.1, 0.15) is 12.4 Å². The summed E-state index contributed by atoms with van der Waals surface area (Å²) >= 11 is 0. The first-order chi connectivity index (χ1) is 13.7. The van der Waals surface area contributed by atoms with E-state index < -0.39 is 0 Å². The summed E-state index contributed by atoms with van der Waals surface area (Å²) in [5, 5.41) is 3.41. The summed E-state index contributed by atoms with van der Waals surface area (Å²) < 4.78 is 5.77. The second-order valence-electron chi connectivity index (χ2n) is 6.97. The number of anilines is 2. The fourth-order valence-corrected chi connectivity index (χ4v) is 3.44. The van der Waals surface area contributed by atoms with Crippen LogP contribution in [-0.2, 0) is 6.61 Å². The van der Waals surface area contributed by atoms with Gasteiger partial charge in [0.15, 0.2) is 5.82 Å². The first kappa shape index (κ1) is 18.2. The van der Waals surface area contributed by atoms with Crippen LogP contribution < -0.4 is 21.5 Å². The molecule has 1 saturated heterocycles. The van der Waals surface area contributed by atoms with Crippen LogP contribution in [0.5, 0.6) is 5.88 Å². The van der Waals surface area contributed by atoms with E-state index >= 15 is 0 Å². The highest BCUT2D eigenvalue weighted by atomic mass is 16.5. The average Bonchev–Trinajstić information content (AvgIpc) is 2.74. The molecule has 1 fully saturated rings. The van der Waals surface area contributed by atoms with Crippen LogP contribution in [0.4, 0.5) is 11.6 Å². The molecular formula is C21H24N6O. The number of hydrogen-bond acceptors (Lipinski definition) is 7. The van der Waals surface area contributed by atoms with Gasteiger partial charge in [0.2, 0.25) is 0 Å². The third-order valence-electron chi connectivity index (χ3n) is 5.01. The average molecular weight is 376 g/mol. The molecule has 144 valence electrons. The smallest absolute Gasteiger partial charge is 0.258 e. The van der Waals surface area contributed by atoms with Gasteiger partial charge >= 0.3 is 0 Å². The van der Waals surface area contributed by atoms with Crippen molar-refractivity contribution in [1.29, 1.82) is 0 Å². The molecule has 0 saturated carbocycles. The number of pyridine rings is 1. The van der Waals surface area contributed by atoms with Crippen LogP contribution in [0.3, 0.4) is 0 Å². The maximum atomic E-state index is 5.94. The first-order valence-corrected chi connectivity index (χ1v) is 9.46. The summed E-state index contributed by atoms with van der Waals surface area (Å²) in [4.78, 5) is 12.8. The Morgan fingerprint density at radius 3 is 2.57 bits per heavy atom. The highest BCUT2D eigenvalue weighted by molar-refractivity contribution is 5.61. The molecule has 1 aromatic carbocycles. The van der Waals surface area contributed by atoms with Crippen LogP contribution >= 0.6 is 0 Å². The third kappa shape index (κ3) is 4.20. The Morgan fingerprint density at radius 1 is 1.04 bits per heavy atom. The van der Waals surface area contributed by atoms with Gasteiger partial charge < -0.3 is 21.5 Å². The number of aromatic nitrogens is 3. The maximum Gasteiger partial charge on any atom is 0.258 e. The van der Waals surface area contributed by atoms with Crippen LogP contribution in [-0.4, -0.2) is 28.0 Å². The van der Waals surface area contributed by atoms with Crippen LogP contribution in [0.15, 0.2) is 48.8 Å². The van der Waals surface area contributed by atoms with Gasteiger partial charge in [-0.1, -0.05) is 24.3 Å². The standard InChI is InChI=1S/C21H24N6O/c22-19-11-14(5-10-25-19)13-28-21-20(23)26-12-18(27-21)17-3-1-15(2-4-17)16-6-8-24-9-7-16/h1-5,10-12,16,24H,6-9,13H2,(H2,22,25)(H2,23,26). The van der Waals surface area contributed by atoms with E-state index in [1.165, 1.54) is 18.4 Å². The van der Waals surface area contributed by atoms with E-state index in [1.807, 2.05) is 6.07 Å². The molecule has 7 nitrogen and oxygen atoms in total. The molecule has 0 unspecified atom stereocenters. The van der Waals surface area contributed by atoms with Gasteiger partial charge in [-0.25, -0.2) is 15.0 Å². The van der Waals surface area contributed by atoms with Gasteiger partial charge in [0, 0.05) is 11.8 Å². The topological polar surface area (TPSA) is 112 Å². The van der Waals surface area contributed by atoms with Gasteiger partial charge in [-0.05, 0) is 55.1 Å². The summed E-state index contributed by atoms with van der Waals surface area (Å²) in [6.45, 7) is 2.46. The van der Waals surface area contributed by atoms with E-state index in [2.05, 4.69) is 44.5 Å². The molecule has 0 radical (unpaired) electrons. The number of nitrogen functional groups attached to an aromatic ring is 2. The number of nitrogens with two attached hydrogens (primary N) is 2. The predicted octanol–water partition coefficient (Wildman–Crippen LogP) is 2.75. The van der Waals surface area contributed by atoms with Crippen molar-refractivity contribution in [3.63, 3.8) is 0 Å². The Morgan fingerprint density at radius 2 is 1.82 bits per heavy atom. The molecule has 0 bridgehead atoms. The molecule has 3 heterocycles. The molecule has 0 aliphatic carbocycles. The van der Waals surface area contributed by atoms with Crippen molar-refractivity contribution < 1.29 is 4.74 Å².